The Balaban J connectivity index is 2.12. The normalized spacial score (nSPS) is 11.2. The summed E-state index contributed by atoms with van der Waals surface area (Å²) in [5.74, 6) is -1.92. The number of rotatable bonds is 5. The van der Waals surface area contributed by atoms with Crippen LogP contribution >= 0.6 is 0 Å². The Bertz CT molecular complexity index is 908. The van der Waals surface area contributed by atoms with Crippen molar-refractivity contribution in [1.29, 1.82) is 0 Å². The fraction of sp³-hybridized carbons (Fsp3) is 0.200. The van der Waals surface area contributed by atoms with Crippen molar-refractivity contribution in [3.05, 3.63) is 73.9 Å². The molecule has 1 amide bonds. The molecule has 0 saturated carbocycles. The Labute approximate surface area is 143 Å². The Morgan fingerprint density at radius 1 is 1.23 bits per heavy atom. The van der Waals surface area contributed by atoms with Crippen molar-refractivity contribution >= 4 is 11.6 Å². The van der Waals surface area contributed by atoms with Gasteiger partial charge in [-0.2, -0.15) is 13.2 Å². The lowest BCUT2D eigenvalue weighted by Crippen LogP contribution is -2.32. The lowest BCUT2D eigenvalue weighted by molar-refractivity contribution is -0.385. The topological polar surface area (TPSA) is 94.2 Å². The van der Waals surface area contributed by atoms with E-state index in [2.05, 4.69) is 5.32 Å². The third-order valence-corrected chi connectivity index (χ3v) is 3.35. The van der Waals surface area contributed by atoms with Crippen LogP contribution in [0.1, 0.15) is 11.1 Å². The van der Waals surface area contributed by atoms with Gasteiger partial charge in [-0.15, -0.1) is 0 Å². The first kappa shape index (κ1) is 19.1. The van der Waals surface area contributed by atoms with E-state index in [0.717, 1.165) is 35.0 Å². The van der Waals surface area contributed by atoms with Gasteiger partial charge in [-0.25, -0.2) is 4.39 Å². The van der Waals surface area contributed by atoms with Gasteiger partial charge in [0.2, 0.25) is 5.91 Å². The van der Waals surface area contributed by atoms with Crippen molar-refractivity contribution in [3.8, 4) is 0 Å². The van der Waals surface area contributed by atoms with E-state index in [0.29, 0.717) is 6.07 Å². The maximum absolute atomic E-state index is 13.0. The Morgan fingerprint density at radius 2 is 1.92 bits per heavy atom. The average molecular weight is 373 g/mol. The van der Waals surface area contributed by atoms with Crippen LogP contribution in [0, 0.1) is 15.9 Å². The number of nitrogens with zero attached hydrogens (tertiary/aromatic N) is 2. The summed E-state index contributed by atoms with van der Waals surface area (Å²) in [5.41, 5.74) is -2.71. The van der Waals surface area contributed by atoms with Gasteiger partial charge in [0.15, 0.2) is 0 Å². The summed E-state index contributed by atoms with van der Waals surface area (Å²) in [6.07, 6.45) is -3.96. The molecule has 0 saturated heterocycles. The molecule has 0 aliphatic heterocycles. The van der Waals surface area contributed by atoms with E-state index in [9.17, 15) is 37.3 Å². The molecule has 0 unspecified atom stereocenters. The zero-order valence-corrected chi connectivity index (χ0v) is 12.9. The zero-order chi connectivity index (χ0) is 19.5. The molecule has 26 heavy (non-hydrogen) atoms. The number of benzene rings is 1. The molecule has 1 N–H and O–H groups in total. The predicted molar refractivity (Wildman–Crippen MR) is 80.6 cm³/mol. The van der Waals surface area contributed by atoms with E-state index in [1.807, 2.05) is 0 Å². The van der Waals surface area contributed by atoms with Gasteiger partial charge in [-0.3, -0.25) is 24.3 Å². The highest BCUT2D eigenvalue weighted by atomic mass is 19.4. The number of alkyl halides is 3. The molecule has 0 spiro atoms. The summed E-state index contributed by atoms with van der Waals surface area (Å²) < 4.78 is 52.4. The second-order valence-electron chi connectivity index (χ2n) is 5.19. The highest BCUT2D eigenvalue weighted by Gasteiger charge is 2.33. The SMILES string of the molecule is O=C(Cn1cc([N+](=O)[O-])ccc1=O)NCc1ccc(F)cc1C(F)(F)F. The number of aromatic nitrogens is 1. The molecule has 0 aliphatic carbocycles. The Kier molecular flexibility index (Phi) is 5.38. The van der Waals surface area contributed by atoms with Gasteiger partial charge in [0.05, 0.1) is 16.7 Å². The molecule has 2 rings (SSSR count). The number of carbonyl (C=O) groups is 1. The van der Waals surface area contributed by atoms with Crippen molar-refractivity contribution < 1.29 is 27.3 Å². The van der Waals surface area contributed by atoms with Crippen LogP contribution in [0.2, 0.25) is 0 Å². The Hall–Kier alpha value is -3.24. The third-order valence-electron chi connectivity index (χ3n) is 3.35. The van der Waals surface area contributed by atoms with Crippen molar-refractivity contribution in [2.24, 2.45) is 0 Å². The molecule has 0 aliphatic rings. The zero-order valence-electron chi connectivity index (χ0n) is 12.9. The van der Waals surface area contributed by atoms with Gasteiger partial charge in [0.25, 0.3) is 11.2 Å². The van der Waals surface area contributed by atoms with Crippen LogP contribution < -0.4 is 10.9 Å². The minimum atomic E-state index is -4.81. The highest BCUT2D eigenvalue weighted by molar-refractivity contribution is 5.75. The largest absolute Gasteiger partial charge is 0.416 e. The smallest absolute Gasteiger partial charge is 0.350 e. The summed E-state index contributed by atoms with van der Waals surface area (Å²) in [4.78, 5) is 33.4. The second kappa shape index (κ2) is 7.33. The lowest BCUT2D eigenvalue weighted by Gasteiger charge is -2.14. The molecular formula is C15H11F4N3O4. The number of pyridine rings is 1. The third kappa shape index (κ3) is 4.65. The van der Waals surface area contributed by atoms with E-state index in [1.165, 1.54) is 0 Å². The van der Waals surface area contributed by atoms with E-state index < -0.39 is 52.7 Å². The number of nitrogens with one attached hydrogen (secondary N) is 1. The van der Waals surface area contributed by atoms with Crippen LogP contribution in [0.3, 0.4) is 0 Å². The first-order valence-electron chi connectivity index (χ1n) is 7.05. The molecule has 0 radical (unpaired) electrons. The molecule has 1 heterocycles. The lowest BCUT2D eigenvalue weighted by atomic mass is 10.1. The molecule has 11 heteroatoms. The minimum Gasteiger partial charge on any atom is -0.350 e. The van der Waals surface area contributed by atoms with Gasteiger partial charge < -0.3 is 5.32 Å². The maximum atomic E-state index is 13.0. The van der Waals surface area contributed by atoms with Crippen LogP contribution in [0.25, 0.3) is 0 Å². The van der Waals surface area contributed by atoms with Crippen molar-refractivity contribution in [2.75, 3.05) is 0 Å². The molecule has 2 aromatic rings. The van der Waals surface area contributed by atoms with Crippen molar-refractivity contribution in [3.63, 3.8) is 0 Å². The molecule has 1 aromatic carbocycles. The van der Waals surface area contributed by atoms with Crippen LogP contribution in [0.5, 0.6) is 0 Å². The van der Waals surface area contributed by atoms with Crippen molar-refractivity contribution in [2.45, 2.75) is 19.3 Å². The van der Waals surface area contributed by atoms with Gasteiger partial charge in [-0.05, 0) is 17.7 Å². The van der Waals surface area contributed by atoms with E-state index >= 15 is 0 Å². The van der Waals surface area contributed by atoms with E-state index in [1.54, 1.807) is 0 Å². The quantitative estimate of drug-likeness (QED) is 0.494. The van der Waals surface area contributed by atoms with Gasteiger partial charge in [0.1, 0.15) is 12.4 Å². The van der Waals surface area contributed by atoms with Gasteiger partial charge >= 0.3 is 6.18 Å². The monoisotopic (exact) mass is 373 g/mol. The molecule has 0 fully saturated rings. The highest BCUT2D eigenvalue weighted by Crippen LogP contribution is 2.32. The molecule has 7 nitrogen and oxygen atoms in total. The number of halogens is 4. The summed E-state index contributed by atoms with van der Waals surface area (Å²) in [6.45, 7) is -1.18. The fourth-order valence-corrected chi connectivity index (χ4v) is 2.12. The molecule has 0 atom stereocenters. The maximum Gasteiger partial charge on any atom is 0.416 e. The van der Waals surface area contributed by atoms with Crippen LogP contribution in [0.15, 0.2) is 41.3 Å². The van der Waals surface area contributed by atoms with Crippen LogP contribution in [-0.2, 0) is 24.1 Å². The average Bonchev–Trinajstić information content (AvgIpc) is 2.54. The van der Waals surface area contributed by atoms with Crippen molar-refractivity contribution in [1.82, 2.24) is 9.88 Å². The van der Waals surface area contributed by atoms with Gasteiger partial charge in [0, 0.05) is 18.7 Å². The number of amides is 1. The first-order chi connectivity index (χ1) is 12.1. The number of nitro groups is 1. The van der Waals surface area contributed by atoms with E-state index in [-0.39, 0.29) is 5.56 Å². The minimum absolute atomic E-state index is 0.312. The number of hydrogen-bond acceptors (Lipinski definition) is 4. The molecule has 1 aromatic heterocycles. The predicted octanol–water partition coefficient (Wildman–Crippen LogP) is 2.23. The number of hydrogen-bond donors (Lipinski definition) is 1. The first-order valence-corrected chi connectivity index (χ1v) is 7.05. The van der Waals surface area contributed by atoms with E-state index in [4.69, 9.17) is 0 Å². The van der Waals surface area contributed by atoms with Crippen LogP contribution in [-0.4, -0.2) is 15.4 Å². The summed E-state index contributed by atoms with van der Waals surface area (Å²) in [6, 6.07) is 3.88. The second-order valence-corrected chi connectivity index (χ2v) is 5.19. The van der Waals surface area contributed by atoms with Crippen LogP contribution in [0.4, 0.5) is 23.2 Å². The summed E-state index contributed by atoms with van der Waals surface area (Å²) in [7, 11) is 0. The summed E-state index contributed by atoms with van der Waals surface area (Å²) >= 11 is 0. The molecular weight excluding hydrogens is 362 g/mol. The van der Waals surface area contributed by atoms with Gasteiger partial charge in [-0.1, -0.05) is 6.07 Å². The molecule has 138 valence electrons. The Morgan fingerprint density at radius 3 is 2.54 bits per heavy atom. The summed E-state index contributed by atoms with van der Waals surface area (Å²) in [5, 5.41) is 12.8. The fourth-order valence-electron chi connectivity index (χ4n) is 2.12. The number of carbonyl (C=O) groups excluding carboxylic acids is 1. The standard InChI is InChI=1S/C15H11F4N3O4/c16-10-2-1-9(12(5-10)15(17,18)19)6-20-13(23)8-21-7-11(22(25)26)3-4-14(21)24/h1-5,7H,6,8H2,(H,20,23). The molecule has 0 bridgehead atoms.